The zero-order valence-corrected chi connectivity index (χ0v) is 31.3. The van der Waals surface area contributed by atoms with Crippen molar-refractivity contribution in [1.29, 1.82) is 0 Å². The van der Waals surface area contributed by atoms with Crippen molar-refractivity contribution in [3.05, 3.63) is 224 Å². The van der Waals surface area contributed by atoms with Crippen molar-refractivity contribution in [2.24, 2.45) is 0 Å². The van der Waals surface area contributed by atoms with Crippen LogP contribution in [-0.2, 0) is 0 Å². The molecule has 0 bridgehead atoms. The first-order valence-corrected chi connectivity index (χ1v) is 19.7. The lowest BCUT2D eigenvalue weighted by Gasteiger charge is -2.18. The molecule has 0 amide bonds. The Bertz CT molecular complexity index is 3170. The van der Waals surface area contributed by atoms with E-state index in [4.69, 9.17) is 0 Å². The van der Waals surface area contributed by atoms with Crippen LogP contribution in [0.3, 0.4) is 0 Å². The summed E-state index contributed by atoms with van der Waals surface area (Å²) in [6, 6.07) is 81.8. The summed E-state index contributed by atoms with van der Waals surface area (Å²) in [5, 5.41) is 7.58. The summed E-state index contributed by atoms with van der Waals surface area (Å²) in [4.78, 5) is 0. The molecule has 1 heterocycles. The number of benzene rings is 10. The number of nitrogens with zero attached hydrogens (tertiary/aromatic N) is 1. The maximum absolute atomic E-state index is 2.46. The zero-order valence-electron chi connectivity index (χ0n) is 31.3. The number of fused-ring (bicyclic) bond motifs is 5. The molecule has 10 aromatic carbocycles. The Morgan fingerprint density at radius 3 is 1.14 bits per heavy atom. The minimum atomic E-state index is 1.14. The first-order valence-electron chi connectivity index (χ1n) is 19.7. The monoisotopic (exact) mass is 723 g/mol. The van der Waals surface area contributed by atoms with Crippen LogP contribution < -0.4 is 0 Å². The van der Waals surface area contributed by atoms with E-state index < -0.39 is 0 Å². The first kappa shape index (κ1) is 32.9. The summed E-state index contributed by atoms with van der Waals surface area (Å²) in [5.41, 5.74) is 15.9. The number of aromatic nitrogens is 1. The molecule has 0 unspecified atom stereocenters. The van der Waals surface area contributed by atoms with E-state index >= 15 is 0 Å². The molecule has 1 aromatic heterocycles. The van der Waals surface area contributed by atoms with Crippen LogP contribution in [-0.4, -0.2) is 4.57 Å². The topological polar surface area (TPSA) is 4.93 Å². The van der Waals surface area contributed by atoms with Crippen LogP contribution in [0.5, 0.6) is 0 Å². The first-order chi connectivity index (χ1) is 28.3. The summed E-state index contributed by atoms with van der Waals surface area (Å²) in [5.74, 6) is 0. The summed E-state index contributed by atoms with van der Waals surface area (Å²) in [7, 11) is 0. The van der Waals surface area contributed by atoms with Crippen molar-refractivity contribution in [2.45, 2.75) is 0 Å². The number of hydrogen-bond acceptors (Lipinski definition) is 0. The lowest BCUT2D eigenvalue weighted by Crippen LogP contribution is -1.97. The van der Waals surface area contributed by atoms with E-state index in [1.807, 2.05) is 0 Å². The van der Waals surface area contributed by atoms with Crippen molar-refractivity contribution < 1.29 is 0 Å². The van der Waals surface area contributed by atoms with Crippen molar-refractivity contribution in [3.8, 4) is 61.3 Å². The Kier molecular flexibility index (Phi) is 7.89. The Labute approximate surface area is 332 Å². The number of hydrogen-bond donors (Lipinski definition) is 0. The highest BCUT2D eigenvalue weighted by molar-refractivity contribution is 6.21. The molecule has 0 N–H and O–H groups in total. The predicted octanol–water partition coefficient (Wildman–Crippen LogP) is 15.4. The quantitative estimate of drug-likeness (QED) is 0.151. The van der Waals surface area contributed by atoms with Gasteiger partial charge in [-0.15, -0.1) is 0 Å². The van der Waals surface area contributed by atoms with Crippen LogP contribution in [0.1, 0.15) is 0 Å². The van der Waals surface area contributed by atoms with Crippen molar-refractivity contribution in [1.82, 2.24) is 4.57 Å². The number of para-hydroxylation sites is 1. The van der Waals surface area contributed by atoms with Crippen LogP contribution >= 0.6 is 0 Å². The zero-order chi connectivity index (χ0) is 37.7. The second-order valence-electron chi connectivity index (χ2n) is 14.8. The van der Waals surface area contributed by atoms with E-state index in [1.54, 1.807) is 0 Å². The molecular weight excluding hydrogens is 687 g/mol. The summed E-state index contributed by atoms with van der Waals surface area (Å²) in [6.07, 6.45) is 0. The molecule has 0 fully saturated rings. The molecule has 1 nitrogen and oxygen atoms in total. The van der Waals surface area contributed by atoms with Crippen molar-refractivity contribution >= 4 is 43.4 Å². The van der Waals surface area contributed by atoms with Crippen LogP contribution in [0, 0.1) is 0 Å². The lowest BCUT2D eigenvalue weighted by atomic mass is 9.86. The van der Waals surface area contributed by atoms with Gasteiger partial charge in [-0.3, -0.25) is 0 Å². The third kappa shape index (κ3) is 5.47. The molecule has 0 aliphatic heterocycles. The van der Waals surface area contributed by atoms with Gasteiger partial charge in [0.25, 0.3) is 0 Å². The molecule has 11 aromatic rings. The van der Waals surface area contributed by atoms with Gasteiger partial charge in [0.2, 0.25) is 0 Å². The normalized spacial score (nSPS) is 11.5. The van der Waals surface area contributed by atoms with Crippen molar-refractivity contribution in [2.75, 3.05) is 0 Å². The highest BCUT2D eigenvalue weighted by Gasteiger charge is 2.21. The molecule has 57 heavy (non-hydrogen) atoms. The van der Waals surface area contributed by atoms with Crippen LogP contribution in [0.15, 0.2) is 224 Å². The second kappa shape index (κ2) is 13.7. The maximum atomic E-state index is 2.46. The van der Waals surface area contributed by atoms with E-state index in [0.29, 0.717) is 0 Å². The molecule has 11 rings (SSSR count). The Morgan fingerprint density at radius 1 is 0.228 bits per heavy atom. The fourth-order valence-corrected chi connectivity index (χ4v) is 9.07. The molecule has 0 saturated heterocycles. The molecular formula is C56H37N. The summed E-state index contributed by atoms with van der Waals surface area (Å²) >= 11 is 0. The molecule has 0 aliphatic rings. The van der Waals surface area contributed by atoms with Crippen LogP contribution in [0.4, 0.5) is 0 Å². The van der Waals surface area contributed by atoms with Gasteiger partial charge in [0.15, 0.2) is 0 Å². The van der Waals surface area contributed by atoms with Crippen LogP contribution in [0.2, 0.25) is 0 Å². The highest BCUT2D eigenvalue weighted by atomic mass is 15.0. The average Bonchev–Trinajstić information content (AvgIpc) is 3.63. The Morgan fingerprint density at radius 2 is 0.614 bits per heavy atom. The minimum absolute atomic E-state index is 1.14. The Hall–Kier alpha value is -7.48. The number of rotatable bonds is 6. The second-order valence-corrected chi connectivity index (χ2v) is 14.8. The van der Waals surface area contributed by atoms with Gasteiger partial charge in [-0.05, 0) is 89.8 Å². The minimum Gasteiger partial charge on any atom is -0.309 e. The van der Waals surface area contributed by atoms with E-state index in [-0.39, 0.29) is 0 Å². The van der Waals surface area contributed by atoms with Gasteiger partial charge in [0.1, 0.15) is 0 Å². The molecule has 0 spiro atoms. The molecule has 1 heteroatoms. The van der Waals surface area contributed by atoms with E-state index in [1.165, 1.54) is 99.0 Å². The molecule has 0 atom stereocenters. The molecule has 0 radical (unpaired) electrons. The standard InChI is InChI=1S/C56H37N/c1-4-16-40(17-5-1)45-36-37-51-46-22-14-15-27-52(46)57(56(51)55(45)42-20-8-3-9-21-42)44-34-32-39(33-35-44)38-28-30-43(31-29-38)54-49-25-12-10-23-47(49)53(41-18-6-2-7-19-41)48-24-11-13-26-50(48)54/h1-37H. The van der Waals surface area contributed by atoms with Crippen LogP contribution in [0.25, 0.3) is 105 Å². The van der Waals surface area contributed by atoms with Gasteiger partial charge in [-0.1, -0.05) is 206 Å². The van der Waals surface area contributed by atoms with Gasteiger partial charge in [-0.25, -0.2) is 0 Å². The fourth-order valence-electron chi connectivity index (χ4n) is 9.07. The lowest BCUT2D eigenvalue weighted by molar-refractivity contribution is 1.18. The largest absolute Gasteiger partial charge is 0.309 e. The van der Waals surface area contributed by atoms with Gasteiger partial charge in [-0.2, -0.15) is 0 Å². The summed E-state index contributed by atoms with van der Waals surface area (Å²) < 4.78 is 2.46. The van der Waals surface area contributed by atoms with E-state index in [2.05, 4.69) is 229 Å². The third-order valence-electron chi connectivity index (χ3n) is 11.6. The Balaban J connectivity index is 1.04. The smallest absolute Gasteiger partial charge is 0.0625 e. The highest BCUT2D eigenvalue weighted by Crippen LogP contribution is 2.45. The molecule has 0 aliphatic carbocycles. The van der Waals surface area contributed by atoms with E-state index in [0.717, 1.165) is 5.69 Å². The van der Waals surface area contributed by atoms with Crippen molar-refractivity contribution in [3.63, 3.8) is 0 Å². The van der Waals surface area contributed by atoms with Gasteiger partial charge in [0, 0.05) is 22.0 Å². The molecule has 266 valence electrons. The molecule has 0 saturated carbocycles. The third-order valence-corrected chi connectivity index (χ3v) is 11.6. The van der Waals surface area contributed by atoms with Gasteiger partial charge < -0.3 is 4.57 Å². The average molecular weight is 724 g/mol. The van der Waals surface area contributed by atoms with Gasteiger partial charge in [0.05, 0.1) is 11.0 Å². The van der Waals surface area contributed by atoms with E-state index in [9.17, 15) is 0 Å². The summed E-state index contributed by atoms with van der Waals surface area (Å²) in [6.45, 7) is 0. The van der Waals surface area contributed by atoms with Gasteiger partial charge >= 0.3 is 0 Å². The fraction of sp³-hybridized carbons (Fsp3) is 0. The predicted molar refractivity (Wildman–Crippen MR) is 243 cm³/mol. The SMILES string of the molecule is c1ccc(-c2ccc3c4ccccc4n(-c4ccc(-c5ccc(-c6c7ccccc7c(-c7ccccc7)c7ccccc67)cc5)cc4)c3c2-c2ccccc2)cc1. The maximum Gasteiger partial charge on any atom is 0.0625 e.